The van der Waals surface area contributed by atoms with Crippen molar-refractivity contribution in [3.8, 4) is 11.1 Å². The van der Waals surface area contributed by atoms with Crippen LogP contribution in [0.15, 0.2) is 24.3 Å². The molecule has 1 aromatic heterocycles. The van der Waals surface area contributed by atoms with Gasteiger partial charge in [0.05, 0.1) is 0 Å². The monoisotopic (exact) mass is 342 g/mol. The fourth-order valence-corrected chi connectivity index (χ4v) is 2.94. The van der Waals surface area contributed by atoms with Crippen molar-refractivity contribution >= 4 is 22.6 Å². The smallest absolute Gasteiger partial charge is 0.131 e. The molecule has 0 aliphatic heterocycles. The Balaban J connectivity index is 2.06. The number of hydrogen-bond donors (Lipinski definition) is 1. The largest absolute Gasteiger partial charge is 0.281 e. The Hall–Kier alpha value is -0.910. The summed E-state index contributed by atoms with van der Waals surface area (Å²) in [5, 5.41) is 7.42. The Morgan fingerprint density at radius 1 is 1.24 bits per heavy atom. The van der Waals surface area contributed by atoms with E-state index in [1.807, 2.05) is 12.1 Å². The van der Waals surface area contributed by atoms with Crippen molar-refractivity contribution in [2.45, 2.75) is 25.2 Å². The zero-order valence-electron chi connectivity index (χ0n) is 9.21. The normalized spacial score (nSPS) is 15.9. The molecule has 0 spiro atoms. The van der Waals surface area contributed by atoms with Gasteiger partial charge in [0.1, 0.15) is 9.52 Å². The maximum Gasteiger partial charge on any atom is 0.131 e. The first kappa shape index (κ1) is 11.2. The number of hydrogen-bond acceptors (Lipinski definition) is 1. The molecule has 2 aromatic rings. The maximum atomic E-state index is 12.9. The number of aromatic amines is 1. The van der Waals surface area contributed by atoms with E-state index in [4.69, 9.17) is 0 Å². The third-order valence-electron chi connectivity index (χ3n) is 3.40. The van der Waals surface area contributed by atoms with Crippen molar-refractivity contribution in [1.29, 1.82) is 0 Å². The first-order valence-electron chi connectivity index (χ1n) is 5.75. The third-order valence-corrected chi connectivity index (χ3v) is 4.18. The summed E-state index contributed by atoms with van der Waals surface area (Å²) < 4.78 is 13.9. The summed E-state index contributed by atoms with van der Waals surface area (Å²) >= 11 is 2.23. The van der Waals surface area contributed by atoms with Gasteiger partial charge in [-0.3, -0.25) is 5.10 Å². The molecule has 1 N–H and O–H groups in total. The molecule has 0 saturated heterocycles. The van der Waals surface area contributed by atoms with Gasteiger partial charge in [0.15, 0.2) is 0 Å². The van der Waals surface area contributed by atoms with Crippen LogP contribution in [-0.2, 0) is 0 Å². The topological polar surface area (TPSA) is 28.7 Å². The van der Waals surface area contributed by atoms with Gasteiger partial charge >= 0.3 is 0 Å². The fourth-order valence-electron chi connectivity index (χ4n) is 2.22. The molecule has 1 saturated carbocycles. The molecule has 0 atom stereocenters. The summed E-state index contributed by atoms with van der Waals surface area (Å²) in [6.45, 7) is 0. The zero-order valence-corrected chi connectivity index (χ0v) is 11.4. The highest BCUT2D eigenvalue weighted by Crippen LogP contribution is 2.41. The Morgan fingerprint density at radius 2 is 1.94 bits per heavy atom. The number of nitrogens with one attached hydrogen (secondary N) is 1. The van der Waals surface area contributed by atoms with Crippen LogP contribution >= 0.6 is 22.6 Å². The average Bonchev–Trinajstić information content (AvgIpc) is 2.60. The number of nitrogens with zero attached hydrogens (tertiary/aromatic N) is 1. The molecule has 1 fully saturated rings. The summed E-state index contributed by atoms with van der Waals surface area (Å²) in [4.78, 5) is 0. The predicted octanol–water partition coefficient (Wildman–Crippen LogP) is 4.09. The van der Waals surface area contributed by atoms with Crippen LogP contribution < -0.4 is 0 Å². The quantitative estimate of drug-likeness (QED) is 0.819. The lowest BCUT2D eigenvalue weighted by Crippen LogP contribution is -2.10. The molecule has 1 aliphatic carbocycles. The molecular formula is C13H12FIN2. The minimum atomic E-state index is -0.197. The Morgan fingerprint density at radius 3 is 2.53 bits per heavy atom. The lowest BCUT2D eigenvalue weighted by molar-refractivity contribution is 0.411. The second-order valence-electron chi connectivity index (χ2n) is 4.44. The number of H-pyrrole nitrogens is 1. The summed E-state index contributed by atoms with van der Waals surface area (Å²) in [6, 6.07) is 6.65. The van der Waals surface area contributed by atoms with Crippen molar-refractivity contribution in [2.24, 2.45) is 0 Å². The molecule has 0 bridgehead atoms. The van der Waals surface area contributed by atoms with Gasteiger partial charge in [0.25, 0.3) is 0 Å². The van der Waals surface area contributed by atoms with Crippen molar-refractivity contribution in [3.63, 3.8) is 0 Å². The molecule has 1 aromatic carbocycles. The van der Waals surface area contributed by atoms with E-state index in [2.05, 4.69) is 32.8 Å². The van der Waals surface area contributed by atoms with E-state index in [0.717, 1.165) is 14.8 Å². The molecule has 0 unspecified atom stereocenters. The second kappa shape index (κ2) is 4.40. The fraction of sp³-hybridized carbons (Fsp3) is 0.308. The van der Waals surface area contributed by atoms with Crippen LogP contribution in [0, 0.1) is 9.52 Å². The summed E-state index contributed by atoms with van der Waals surface area (Å²) in [7, 11) is 0. The van der Waals surface area contributed by atoms with Gasteiger partial charge in [0.2, 0.25) is 0 Å². The third kappa shape index (κ3) is 1.99. The van der Waals surface area contributed by atoms with E-state index in [1.165, 1.54) is 37.1 Å². The number of benzene rings is 1. The van der Waals surface area contributed by atoms with Gasteiger partial charge in [-0.25, -0.2) is 4.39 Å². The Kier molecular flexibility index (Phi) is 2.90. The van der Waals surface area contributed by atoms with E-state index in [1.54, 1.807) is 0 Å². The molecular weight excluding hydrogens is 330 g/mol. The van der Waals surface area contributed by atoms with E-state index in [0.29, 0.717) is 5.92 Å². The van der Waals surface area contributed by atoms with E-state index in [9.17, 15) is 4.39 Å². The Bertz CT molecular complexity index is 529. The minimum Gasteiger partial charge on any atom is -0.281 e. The highest BCUT2D eigenvalue weighted by molar-refractivity contribution is 14.1. The molecule has 88 valence electrons. The molecule has 0 radical (unpaired) electrons. The van der Waals surface area contributed by atoms with Gasteiger partial charge in [0, 0.05) is 17.2 Å². The second-order valence-corrected chi connectivity index (χ2v) is 5.46. The van der Waals surface area contributed by atoms with Gasteiger partial charge in [-0.2, -0.15) is 5.10 Å². The van der Waals surface area contributed by atoms with Crippen LogP contribution in [0.1, 0.15) is 30.9 Å². The van der Waals surface area contributed by atoms with E-state index >= 15 is 0 Å². The highest BCUT2D eigenvalue weighted by atomic mass is 127. The van der Waals surface area contributed by atoms with Gasteiger partial charge in [-0.15, -0.1) is 0 Å². The maximum absolute atomic E-state index is 12.9. The SMILES string of the molecule is Fc1ccc(-c2c(I)n[nH]c2C2CCC2)cc1. The molecule has 2 nitrogen and oxygen atoms in total. The van der Waals surface area contributed by atoms with E-state index < -0.39 is 0 Å². The molecule has 1 aliphatic rings. The molecule has 3 rings (SSSR count). The minimum absolute atomic E-state index is 0.197. The number of aromatic nitrogens is 2. The van der Waals surface area contributed by atoms with E-state index in [-0.39, 0.29) is 5.82 Å². The van der Waals surface area contributed by atoms with Crippen LogP contribution in [0.25, 0.3) is 11.1 Å². The number of rotatable bonds is 2. The molecule has 0 amide bonds. The molecule has 17 heavy (non-hydrogen) atoms. The standard InChI is InChI=1S/C13H12FIN2/c14-10-6-4-8(5-7-10)11-12(9-2-1-3-9)16-17-13(11)15/h4-7,9H,1-3H2,(H,16,17). The predicted molar refractivity (Wildman–Crippen MR) is 73.3 cm³/mol. The van der Waals surface area contributed by atoms with Crippen molar-refractivity contribution in [1.82, 2.24) is 10.2 Å². The van der Waals surface area contributed by atoms with Crippen molar-refractivity contribution in [2.75, 3.05) is 0 Å². The van der Waals surface area contributed by atoms with Crippen LogP contribution in [0.4, 0.5) is 4.39 Å². The number of halogens is 2. The van der Waals surface area contributed by atoms with Crippen LogP contribution in [0.5, 0.6) is 0 Å². The lowest BCUT2D eigenvalue weighted by atomic mass is 9.81. The first-order chi connectivity index (χ1) is 8.25. The van der Waals surface area contributed by atoms with Gasteiger partial charge in [-0.1, -0.05) is 18.6 Å². The highest BCUT2D eigenvalue weighted by Gasteiger charge is 2.26. The molecule has 1 heterocycles. The van der Waals surface area contributed by atoms with Gasteiger partial charge in [-0.05, 0) is 53.1 Å². The first-order valence-corrected chi connectivity index (χ1v) is 6.83. The summed E-state index contributed by atoms with van der Waals surface area (Å²) in [5.41, 5.74) is 3.41. The van der Waals surface area contributed by atoms with Crippen LogP contribution in [0.3, 0.4) is 0 Å². The van der Waals surface area contributed by atoms with Crippen molar-refractivity contribution in [3.05, 3.63) is 39.5 Å². The molecule has 4 heteroatoms. The average molecular weight is 342 g/mol. The zero-order chi connectivity index (χ0) is 11.8. The van der Waals surface area contributed by atoms with Crippen LogP contribution in [0.2, 0.25) is 0 Å². The Labute approximate surface area is 113 Å². The summed E-state index contributed by atoms with van der Waals surface area (Å²) in [6.07, 6.45) is 3.75. The van der Waals surface area contributed by atoms with Gasteiger partial charge < -0.3 is 0 Å². The summed E-state index contributed by atoms with van der Waals surface area (Å²) in [5.74, 6) is 0.406. The lowest BCUT2D eigenvalue weighted by Gasteiger charge is -2.25. The van der Waals surface area contributed by atoms with Crippen LogP contribution in [-0.4, -0.2) is 10.2 Å². The van der Waals surface area contributed by atoms with Crippen molar-refractivity contribution < 1.29 is 4.39 Å².